The highest BCUT2D eigenvalue weighted by atomic mass is 35.5. The van der Waals surface area contributed by atoms with E-state index in [4.69, 9.17) is 29.6 Å². The van der Waals surface area contributed by atoms with Gasteiger partial charge in [-0.3, -0.25) is 4.79 Å². The first kappa shape index (κ1) is 13.9. The minimum absolute atomic E-state index is 0.0669. The van der Waals surface area contributed by atoms with Crippen molar-refractivity contribution < 1.29 is 9.18 Å². The molecule has 7 heteroatoms. The van der Waals surface area contributed by atoms with Crippen LogP contribution in [0.1, 0.15) is 15.2 Å². The fourth-order valence-corrected chi connectivity index (χ4v) is 2.63. The maximum absolute atomic E-state index is 13.4. The predicted molar refractivity (Wildman–Crippen MR) is 79.6 cm³/mol. The number of benzene rings is 1. The van der Waals surface area contributed by atoms with Crippen LogP contribution in [-0.4, -0.2) is 10.9 Å². The van der Waals surface area contributed by atoms with Gasteiger partial charge in [-0.05, 0) is 29.6 Å². The summed E-state index contributed by atoms with van der Waals surface area (Å²) >= 11 is 11.8. The second kappa shape index (κ2) is 5.64. The molecule has 19 heavy (non-hydrogen) atoms. The Hall–Kier alpha value is -1.50. The number of nitrogens with two attached hydrogens (primary N) is 1. The number of carbonyl (C=O) groups is 1. The maximum Gasteiger partial charge on any atom is 0.267 e. The SMILES string of the molecule is NC(=S)c1cc(NC(=O)c2sccc2Cl)ccc1F. The van der Waals surface area contributed by atoms with E-state index in [1.807, 2.05) is 0 Å². The van der Waals surface area contributed by atoms with Crippen LogP contribution in [0.25, 0.3) is 0 Å². The molecular weight excluding hydrogens is 307 g/mol. The molecular formula is C12H8ClFN2OS2. The predicted octanol–water partition coefficient (Wildman–Crippen LogP) is 3.43. The lowest BCUT2D eigenvalue weighted by Crippen LogP contribution is -2.14. The molecule has 2 rings (SSSR count). The smallest absolute Gasteiger partial charge is 0.267 e. The standard InChI is InChI=1S/C12H8ClFN2OS2/c13-8-3-4-19-10(8)12(17)16-6-1-2-9(14)7(5-6)11(15)18/h1-5H,(H2,15,18)(H,16,17). The van der Waals surface area contributed by atoms with E-state index >= 15 is 0 Å². The largest absolute Gasteiger partial charge is 0.389 e. The number of halogens is 2. The van der Waals surface area contributed by atoms with E-state index in [1.54, 1.807) is 11.4 Å². The van der Waals surface area contributed by atoms with Gasteiger partial charge in [-0.1, -0.05) is 23.8 Å². The van der Waals surface area contributed by atoms with Gasteiger partial charge in [-0.2, -0.15) is 0 Å². The summed E-state index contributed by atoms with van der Waals surface area (Å²) in [5.41, 5.74) is 5.88. The number of hydrogen-bond donors (Lipinski definition) is 2. The third kappa shape index (κ3) is 3.09. The number of amides is 1. The normalized spacial score (nSPS) is 10.2. The second-order valence-electron chi connectivity index (χ2n) is 3.61. The molecule has 1 aromatic carbocycles. The number of rotatable bonds is 3. The van der Waals surface area contributed by atoms with E-state index < -0.39 is 5.82 Å². The van der Waals surface area contributed by atoms with E-state index in [0.29, 0.717) is 15.6 Å². The van der Waals surface area contributed by atoms with Gasteiger partial charge in [0.1, 0.15) is 15.7 Å². The van der Waals surface area contributed by atoms with E-state index in [2.05, 4.69) is 5.32 Å². The molecule has 0 atom stereocenters. The fourth-order valence-electron chi connectivity index (χ4n) is 1.44. The molecule has 0 saturated heterocycles. The van der Waals surface area contributed by atoms with Gasteiger partial charge in [-0.25, -0.2) is 4.39 Å². The van der Waals surface area contributed by atoms with Gasteiger partial charge in [0.25, 0.3) is 5.91 Å². The zero-order valence-electron chi connectivity index (χ0n) is 9.44. The monoisotopic (exact) mass is 314 g/mol. The number of thiophene rings is 1. The Morgan fingerprint density at radius 1 is 1.42 bits per heavy atom. The fraction of sp³-hybridized carbons (Fsp3) is 0. The number of carbonyl (C=O) groups excluding carboxylic acids is 1. The van der Waals surface area contributed by atoms with Crippen LogP contribution in [0.5, 0.6) is 0 Å². The summed E-state index contributed by atoms with van der Waals surface area (Å²) < 4.78 is 13.4. The molecule has 0 fully saturated rings. The first-order chi connectivity index (χ1) is 8.99. The van der Waals surface area contributed by atoms with Gasteiger partial charge >= 0.3 is 0 Å². The van der Waals surface area contributed by atoms with E-state index in [9.17, 15) is 9.18 Å². The molecule has 0 aliphatic carbocycles. The zero-order chi connectivity index (χ0) is 14.0. The van der Waals surface area contributed by atoms with Gasteiger partial charge in [0.15, 0.2) is 0 Å². The van der Waals surface area contributed by atoms with Crippen LogP contribution in [0.2, 0.25) is 5.02 Å². The third-order valence-corrected chi connectivity index (χ3v) is 3.87. The van der Waals surface area contributed by atoms with Crippen LogP contribution >= 0.6 is 35.2 Å². The first-order valence-corrected chi connectivity index (χ1v) is 6.79. The minimum Gasteiger partial charge on any atom is -0.389 e. The maximum atomic E-state index is 13.4. The molecule has 0 spiro atoms. The Labute approximate surface area is 123 Å². The minimum atomic E-state index is -0.528. The van der Waals surface area contributed by atoms with Crippen molar-refractivity contribution in [3.05, 3.63) is 50.9 Å². The van der Waals surface area contributed by atoms with E-state index in [1.165, 1.54) is 29.5 Å². The Morgan fingerprint density at radius 3 is 2.74 bits per heavy atom. The van der Waals surface area contributed by atoms with Crippen LogP contribution in [0.4, 0.5) is 10.1 Å². The van der Waals surface area contributed by atoms with Crippen molar-refractivity contribution in [3.8, 4) is 0 Å². The van der Waals surface area contributed by atoms with Crippen LogP contribution in [0.3, 0.4) is 0 Å². The summed E-state index contributed by atoms with van der Waals surface area (Å²) in [4.78, 5) is 12.2. The van der Waals surface area contributed by atoms with Crippen LogP contribution in [0, 0.1) is 5.82 Å². The lowest BCUT2D eigenvalue weighted by atomic mass is 10.2. The summed E-state index contributed by atoms with van der Waals surface area (Å²) in [6.07, 6.45) is 0. The molecule has 0 unspecified atom stereocenters. The van der Waals surface area contributed by atoms with Crippen molar-refractivity contribution in [2.24, 2.45) is 5.73 Å². The number of thiocarbonyl (C=S) groups is 1. The highest BCUT2D eigenvalue weighted by Crippen LogP contribution is 2.23. The Bertz CT molecular complexity index is 657. The molecule has 0 radical (unpaired) electrons. The molecule has 1 heterocycles. The van der Waals surface area contributed by atoms with Gasteiger partial charge < -0.3 is 11.1 Å². The number of anilines is 1. The Kier molecular flexibility index (Phi) is 4.14. The second-order valence-corrected chi connectivity index (χ2v) is 5.37. The van der Waals surface area contributed by atoms with Crippen molar-refractivity contribution in [1.29, 1.82) is 0 Å². The van der Waals surface area contributed by atoms with Gasteiger partial charge in [-0.15, -0.1) is 11.3 Å². The summed E-state index contributed by atoms with van der Waals surface area (Å²) in [5.74, 6) is -0.889. The summed E-state index contributed by atoms with van der Waals surface area (Å²) in [6.45, 7) is 0. The Balaban J connectivity index is 2.25. The number of hydrogen-bond acceptors (Lipinski definition) is 3. The molecule has 0 bridgehead atoms. The summed E-state index contributed by atoms with van der Waals surface area (Å²) in [7, 11) is 0. The van der Waals surface area contributed by atoms with Crippen molar-refractivity contribution >= 4 is 51.7 Å². The molecule has 3 N–H and O–H groups in total. The molecule has 0 aliphatic rings. The highest BCUT2D eigenvalue weighted by molar-refractivity contribution is 7.80. The molecule has 1 amide bonds. The van der Waals surface area contributed by atoms with Crippen LogP contribution < -0.4 is 11.1 Å². The average molecular weight is 315 g/mol. The van der Waals surface area contributed by atoms with Gasteiger partial charge in [0, 0.05) is 11.3 Å². The van der Waals surface area contributed by atoms with Gasteiger partial charge in [0.2, 0.25) is 0 Å². The Morgan fingerprint density at radius 2 is 2.16 bits per heavy atom. The topological polar surface area (TPSA) is 55.1 Å². The molecule has 0 saturated carbocycles. The lowest BCUT2D eigenvalue weighted by Gasteiger charge is -2.07. The summed E-state index contributed by atoms with van der Waals surface area (Å²) in [5, 5.41) is 4.70. The van der Waals surface area contributed by atoms with Gasteiger partial charge in [0.05, 0.1) is 5.02 Å². The molecule has 1 aromatic heterocycles. The zero-order valence-corrected chi connectivity index (χ0v) is 11.8. The summed E-state index contributed by atoms with van der Waals surface area (Å²) in [6, 6.07) is 5.64. The van der Waals surface area contributed by atoms with E-state index in [-0.39, 0.29) is 16.5 Å². The third-order valence-electron chi connectivity index (χ3n) is 2.31. The lowest BCUT2D eigenvalue weighted by molar-refractivity contribution is 0.103. The van der Waals surface area contributed by atoms with E-state index in [0.717, 1.165) is 0 Å². The van der Waals surface area contributed by atoms with Crippen LogP contribution in [0.15, 0.2) is 29.6 Å². The number of nitrogens with one attached hydrogen (secondary N) is 1. The van der Waals surface area contributed by atoms with Crippen molar-refractivity contribution in [1.82, 2.24) is 0 Å². The average Bonchev–Trinajstić information content (AvgIpc) is 2.77. The van der Waals surface area contributed by atoms with Crippen molar-refractivity contribution in [2.75, 3.05) is 5.32 Å². The highest BCUT2D eigenvalue weighted by Gasteiger charge is 2.13. The molecule has 0 aliphatic heterocycles. The van der Waals surface area contributed by atoms with Crippen molar-refractivity contribution in [3.63, 3.8) is 0 Å². The molecule has 98 valence electrons. The quantitative estimate of drug-likeness (QED) is 0.853. The molecule has 3 nitrogen and oxygen atoms in total. The van der Waals surface area contributed by atoms with Crippen molar-refractivity contribution in [2.45, 2.75) is 0 Å². The first-order valence-electron chi connectivity index (χ1n) is 5.12. The van der Waals surface area contributed by atoms with Crippen LogP contribution in [-0.2, 0) is 0 Å². The molecule has 2 aromatic rings.